The molecular weight excluding hydrogens is 453 g/mol. The van der Waals surface area contributed by atoms with Gasteiger partial charge < -0.3 is 15.4 Å². The lowest BCUT2D eigenvalue weighted by atomic mass is 9.97. The fourth-order valence-corrected chi connectivity index (χ4v) is 4.32. The van der Waals surface area contributed by atoms with Crippen molar-refractivity contribution in [3.8, 4) is 0 Å². The molecule has 2 N–H and O–H groups in total. The molecule has 1 aliphatic rings. The minimum Gasteiger partial charge on any atom is -0.382 e. The van der Waals surface area contributed by atoms with Gasteiger partial charge in [0, 0.05) is 17.6 Å². The maximum absolute atomic E-state index is 14.9. The Bertz CT molecular complexity index is 1320. The van der Waals surface area contributed by atoms with Crippen molar-refractivity contribution in [1.29, 1.82) is 0 Å². The topological polar surface area (TPSA) is 85.8 Å². The number of amides is 1. The van der Waals surface area contributed by atoms with E-state index in [4.69, 9.17) is 10.5 Å². The van der Waals surface area contributed by atoms with E-state index in [2.05, 4.69) is 25.9 Å². The highest BCUT2D eigenvalue weighted by Gasteiger charge is 2.29. The highest BCUT2D eigenvalue weighted by molar-refractivity contribution is 9.10. The number of anilines is 1. The van der Waals surface area contributed by atoms with Crippen molar-refractivity contribution in [3.05, 3.63) is 69.8 Å². The first-order valence-electron chi connectivity index (χ1n) is 9.28. The molecule has 9 heteroatoms. The van der Waals surface area contributed by atoms with Gasteiger partial charge in [-0.1, -0.05) is 22.0 Å². The van der Waals surface area contributed by atoms with Crippen LogP contribution in [-0.4, -0.2) is 38.8 Å². The number of nitrogen functional groups attached to an aromatic ring is 1. The molecule has 1 aliphatic heterocycles. The third-order valence-electron chi connectivity index (χ3n) is 5.48. The normalized spacial score (nSPS) is 16.0. The van der Waals surface area contributed by atoms with Crippen molar-refractivity contribution in [2.45, 2.75) is 12.6 Å². The maximum Gasteiger partial charge on any atom is 0.257 e. The molecule has 0 radical (unpaired) electrons. The van der Waals surface area contributed by atoms with Gasteiger partial charge in [0.25, 0.3) is 5.91 Å². The molecule has 1 atom stereocenters. The Morgan fingerprint density at radius 3 is 3.00 bits per heavy atom. The molecule has 30 heavy (non-hydrogen) atoms. The van der Waals surface area contributed by atoms with E-state index in [1.54, 1.807) is 24.0 Å². The van der Waals surface area contributed by atoms with E-state index in [1.807, 2.05) is 18.2 Å². The van der Waals surface area contributed by atoms with Crippen molar-refractivity contribution in [2.75, 3.05) is 19.4 Å². The summed E-state index contributed by atoms with van der Waals surface area (Å²) in [5.74, 6) is -0.847. The molecule has 0 fully saturated rings. The summed E-state index contributed by atoms with van der Waals surface area (Å²) in [5.41, 5.74) is 9.38. The first-order chi connectivity index (χ1) is 14.4. The lowest BCUT2D eigenvalue weighted by Gasteiger charge is -2.33. The molecular formula is C21H17BrFN5O2. The molecule has 7 nitrogen and oxygen atoms in total. The molecule has 5 rings (SSSR count). The summed E-state index contributed by atoms with van der Waals surface area (Å²) in [5, 5.41) is 0. The van der Waals surface area contributed by atoms with Gasteiger partial charge in [-0.25, -0.2) is 14.4 Å². The third-order valence-corrected chi connectivity index (χ3v) is 5.97. The van der Waals surface area contributed by atoms with Crippen molar-refractivity contribution in [2.24, 2.45) is 0 Å². The number of carbonyl (C=O) groups excluding carboxylic acids is 1. The van der Waals surface area contributed by atoms with Gasteiger partial charge in [0.1, 0.15) is 17.2 Å². The fraction of sp³-hybridized carbons (Fsp3) is 0.190. The number of benzene rings is 2. The van der Waals surface area contributed by atoms with Gasteiger partial charge in [0.2, 0.25) is 0 Å². The average molecular weight is 470 g/mol. The van der Waals surface area contributed by atoms with E-state index in [1.165, 1.54) is 17.0 Å². The van der Waals surface area contributed by atoms with Crippen LogP contribution >= 0.6 is 15.9 Å². The van der Waals surface area contributed by atoms with Gasteiger partial charge in [-0.2, -0.15) is 0 Å². The Hall–Kier alpha value is -3.04. The van der Waals surface area contributed by atoms with Gasteiger partial charge in [-0.15, -0.1) is 0 Å². The van der Waals surface area contributed by atoms with Crippen LogP contribution in [0.4, 0.5) is 10.2 Å². The highest BCUT2D eigenvalue weighted by Crippen LogP contribution is 2.32. The number of halogens is 2. The van der Waals surface area contributed by atoms with Crippen LogP contribution in [0, 0.1) is 5.82 Å². The predicted octanol–water partition coefficient (Wildman–Crippen LogP) is 3.71. The molecule has 152 valence electrons. The van der Waals surface area contributed by atoms with Crippen LogP contribution in [-0.2, 0) is 11.3 Å². The number of hydrogen-bond donors (Lipinski definition) is 1. The zero-order valence-corrected chi connectivity index (χ0v) is 17.6. The van der Waals surface area contributed by atoms with Crippen molar-refractivity contribution in [3.63, 3.8) is 0 Å². The standard InChI is InChI=1S/C21H17BrFN5O2/c1-27(19-9-30-8-11-4-12(22)2-3-13(11)19)21(29)14-5-17-16(6-15(14)23)26-20(24)18-7-25-10-28(17)18/h2-7,10,19H,8-9H2,1H3,(H2,24,26)/t19-/m1/s1. The first-order valence-corrected chi connectivity index (χ1v) is 10.1. The minimum atomic E-state index is -0.654. The number of hydrogen-bond acceptors (Lipinski definition) is 5. The minimum absolute atomic E-state index is 0.0455. The van der Waals surface area contributed by atoms with Crippen LogP contribution < -0.4 is 5.73 Å². The summed E-state index contributed by atoms with van der Waals surface area (Å²) in [6.45, 7) is 0.819. The van der Waals surface area contributed by atoms with Gasteiger partial charge >= 0.3 is 0 Å². The summed E-state index contributed by atoms with van der Waals surface area (Å²) < 4.78 is 23.2. The van der Waals surface area contributed by atoms with Gasteiger partial charge in [0.15, 0.2) is 0 Å². The second-order valence-corrected chi connectivity index (χ2v) is 8.17. The third kappa shape index (κ3) is 2.93. The summed E-state index contributed by atoms with van der Waals surface area (Å²) >= 11 is 3.46. The van der Waals surface area contributed by atoms with E-state index in [-0.39, 0.29) is 17.4 Å². The average Bonchev–Trinajstić information content (AvgIpc) is 3.22. The largest absolute Gasteiger partial charge is 0.382 e. The summed E-state index contributed by atoms with van der Waals surface area (Å²) in [6.07, 6.45) is 3.14. The second kappa shape index (κ2) is 7.03. The van der Waals surface area contributed by atoms with E-state index in [9.17, 15) is 9.18 Å². The number of nitrogens with two attached hydrogens (primary N) is 1. The van der Waals surface area contributed by atoms with Crippen LogP contribution in [0.5, 0.6) is 0 Å². The van der Waals surface area contributed by atoms with Crippen molar-refractivity contribution in [1.82, 2.24) is 19.3 Å². The molecule has 0 aliphatic carbocycles. The summed E-state index contributed by atoms with van der Waals surface area (Å²) in [4.78, 5) is 23.1. The van der Waals surface area contributed by atoms with E-state index in [0.29, 0.717) is 29.8 Å². The maximum atomic E-state index is 14.9. The van der Waals surface area contributed by atoms with Crippen LogP contribution in [0.25, 0.3) is 16.6 Å². The number of nitrogens with zero attached hydrogens (tertiary/aromatic N) is 4. The molecule has 1 amide bonds. The van der Waals surface area contributed by atoms with Crippen LogP contribution in [0.2, 0.25) is 0 Å². The molecule has 2 aromatic carbocycles. The SMILES string of the molecule is CN(C(=O)c1cc2c(cc1F)nc(N)c1cncn12)[C@@H]1COCc2cc(Br)ccc21. The zero-order chi connectivity index (χ0) is 21.0. The number of rotatable bonds is 2. The lowest BCUT2D eigenvalue weighted by Crippen LogP contribution is -2.36. The number of aromatic nitrogens is 3. The Balaban J connectivity index is 1.58. The Morgan fingerprint density at radius 1 is 1.33 bits per heavy atom. The van der Waals surface area contributed by atoms with Crippen molar-refractivity contribution >= 4 is 44.2 Å². The second-order valence-electron chi connectivity index (χ2n) is 7.26. The van der Waals surface area contributed by atoms with E-state index < -0.39 is 11.7 Å². The molecule has 0 bridgehead atoms. The molecule has 0 unspecified atom stereocenters. The number of imidazole rings is 1. The highest BCUT2D eigenvalue weighted by atomic mass is 79.9. The zero-order valence-electron chi connectivity index (χ0n) is 16.0. The Kier molecular flexibility index (Phi) is 4.44. The van der Waals surface area contributed by atoms with Crippen LogP contribution in [0.15, 0.2) is 47.3 Å². The molecule has 0 spiro atoms. The lowest BCUT2D eigenvalue weighted by molar-refractivity contribution is 0.0343. The van der Waals surface area contributed by atoms with E-state index >= 15 is 0 Å². The van der Waals surface area contributed by atoms with Gasteiger partial charge in [-0.3, -0.25) is 9.20 Å². The van der Waals surface area contributed by atoms with Crippen LogP contribution in [0.3, 0.4) is 0 Å². The number of carbonyl (C=O) groups is 1. The van der Waals surface area contributed by atoms with Crippen LogP contribution in [0.1, 0.15) is 27.5 Å². The van der Waals surface area contributed by atoms with Gasteiger partial charge in [-0.05, 0) is 29.3 Å². The monoisotopic (exact) mass is 469 g/mol. The number of fused-ring (bicyclic) bond motifs is 4. The molecule has 0 saturated heterocycles. The smallest absolute Gasteiger partial charge is 0.257 e. The molecule has 3 heterocycles. The van der Waals surface area contributed by atoms with E-state index in [0.717, 1.165) is 15.6 Å². The summed E-state index contributed by atoms with van der Waals surface area (Å²) in [6, 6.07) is 8.28. The molecule has 0 saturated carbocycles. The fourth-order valence-electron chi connectivity index (χ4n) is 3.91. The Labute approximate surface area is 179 Å². The number of ether oxygens (including phenoxy) is 1. The number of likely N-dealkylation sites (N-methyl/N-ethyl adjacent to an activating group) is 1. The Morgan fingerprint density at radius 2 is 2.17 bits per heavy atom. The molecule has 2 aromatic heterocycles. The van der Waals surface area contributed by atoms with Gasteiger partial charge in [0.05, 0.1) is 48.4 Å². The van der Waals surface area contributed by atoms with Crippen molar-refractivity contribution < 1.29 is 13.9 Å². The quantitative estimate of drug-likeness (QED) is 0.483. The predicted molar refractivity (Wildman–Crippen MR) is 113 cm³/mol. The first kappa shape index (κ1) is 19.0. The summed E-state index contributed by atoms with van der Waals surface area (Å²) in [7, 11) is 1.66. The molecule has 4 aromatic rings.